The topological polar surface area (TPSA) is 210 Å². The summed E-state index contributed by atoms with van der Waals surface area (Å²) in [6.45, 7) is 3.38. The van der Waals surface area contributed by atoms with Gasteiger partial charge in [0.25, 0.3) is 5.91 Å². The summed E-state index contributed by atoms with van der Waals surface area (Å²) in [5.74, 6) is -1.87. The van der Waals surface area contributed by atoms with E-state index >= 15 is 0 Å². The second-order valence-electron chi connectivity index (χ2n) is 8.82. The van der Waals surface area contributed by atoms with Crippen LogP contribution in [0, 0.1) is 0 Å². The molecule has 0 spiro atoms. The van der Waals surface area contributed by atoms with Crippen molar-refractivity contribution in [2.45, 2.75) is 51.1 Å². The highest BCUT2D eigenvalue weighted by Gasteiger charge is 2.53. The fourth-order valence-corrected chi connectivity index (χ4v) is 3.47. The first-order chi connectivity index (χ1) is 17.6. The molecule has 4 amide bonds. The number of carbonyl (C=O) groups excluding carboxylic acids is 5. The number of hydrogen-bond donors (Lipinski definition) is 3. The Morgan fingerprint density at radius 2 is 1.74 bits per heavy atom. The molecule has 0 bridgehead atoms. The van der Waals surface area contributed by atoms with Crippen LogP contribution in [0.15, 0.2) is 30.3 Å². The number of carbonyl (C=O) groups is 5. The largest absolute Gasteiger partial charge is 0.508 e. The molecular weight excluding hydrogens is 552 g/mol. The first-order valence-electron chi connectivity index (χ1n) is 10.9. The summed E-state index contributed by atoms with van der Waals surface area (Å²) in [5.41, 5.74) is 5.44. The summed E-state index contributed by atoms with van der Waals surface area (Å²) in [7, 11) is 0.425. The van der Waals surface area contributed by atoms with Crippen molar-refractivity contribution in [1.82, 2.24) is 14.9 Å². The van der Waals surface area contributed by atoms with Crippen LogP contribution < -0.4 is 15.8 Å². The maximum absolute atomic E-state index is 12.5. The lowest BCUT2D eigenvalue weighted by atomic mass is 9.96. The monoisotopic (exact) mass is 578 g/mol. The van der Waals surface area contributed by atoms with Crippen molar-refractivity contribution in [3.05, 3.63) is 35.9 Å². The molecule has 0 radical (unpaired) electrons. The molecule has 1 aromatic rings. The fraction of sp³-hybridized carbons (Fsp3) is 0.476. The Bertz CT molecular complexity index is 1160. The molecule has 0 aromatic heterocycles. The van der Waals surface area contributed by atoms with E-state index in [9.17, 15) is 32.4 Å². The Labute approximate surface area is 222 Å². The molecule has 3 unspecified atom stereocenters. The number of likely N-dealkylation sites (tertiary alicyclic amines) is 1. The summed E-state index contributed by atoms with van der Waals surface area (Å²) in [5, 5.41) is 2.22. The summed E-state index contributed by atoms with van der Waals surface area (Å²) >= 11 is 0. The van der Waals surface area contributed by atoms with Crippen LogP contribution in [0.2, 0.25) is 0 Å². The zero-order valence-electron chi connectivity index (χ0n) is 20.5. The molecule has 1 heterocycles. The van der Waals surface area contributed by atoms with Crippen molar-refractivity contribution in [1.29, 1.82) is 0 Å². The number of rotatable bonds is 9. The maximum atomic E-state index is 12.5. The molecule has 38 heavy (non-hydrogen) atoms. The molecule has 1 aliphatic heterocycles. The van der Waals surface area contributed by atoms with Crippen LogP contribution >= 0.6 is 10.7 Å². The minimum absolute atomic E-state index is 0.131. The summed E-state index contributed by atoms with van der Waals surface area (Å²) in [6.07, 6.45) is -2.37. The lowest BCUT2D eigenvalue weighted by Gasteiger charge is -2.44. The molecule has 1 aliphatic rings. The number of nitrogens with one attached hydrogen (secondary N) is 2. The van der Waals surface area contributed by atoms with Crippen molar-refractivity contribution >= 4 is 50.1 Å². The highest BCUT2D eigenvalue weighted by Crippen LogP contribution is 2.22. The third kappa shape index (κ3) is 9.68. The number of urea groups is 1. The van der Waals surface area contributed by atoms with E-state index in [-0.39, 0.29) is 6.61 Å². The Hall–Kier alpha value is -3.63. The number of ether oxygens (including phenoxy) is 4. The minimum Gasteiger partial charge on any atom is -0.459 e. The van der Waals surface area contributed by atoms with Gasteiger partial charge in [-0.15, -0.1) is 0 Å². The standard InChI is InChI=1S/C21H27ClN4O11S/c1-21(2,3)37-17(28)13(23)10-35-20(31)36-11-14-15(16(27)26(14)18(29)25-38(22,32)33)24-19(30)34-9-12-7-5-4-6-8-12/h4-8,13-15H,9-11,23H2,1-3H3,(H,24,30)(H,25,29). The van der Waals surface area contributed by atoms with Crippen molar-refractivity contribution in [3.63, 3.8) is 0 Å². The van der Waals surface area contributed by atoms with Crippen molar-refractivity contribution in [2.75, 3.05) is 13.2 Å². The average molecular weight is 579 g/mol. The zero-order chi connectivity index (χ0) is 28.7. The number of β-lactam (4-membered cyclic amide) rings is 1. The number of nitrogens with zero attached hydrogens (tertiary/aromatic N) is 1. The molecule has 210 valence electrons. The molecule has 2 rings (SSSR count). The van der Waals surface area contributed by atoms with Gasteiger partial charge in [-0.1, -0.05) is 30.3 Å². The summed E-state index contributed by atoms with van der Waals surface area (Å²) in [4.78, 5) is 61.1. The fourth-order valence-electron chi connectivity index (χ4n) is 2.97. The van der Waals surface area contributed by atoms with Gasteiger partial charge in [0.05, 0.1) is 0 Å². The molecular formula is C21H27ClN4O11S. The van der Waals surface area contributed by atoms with Crippen LogP contribution in [-0.4, -0.2) is 80.4 Å². The lowest BCUT2D eigenvalue weighted by molar-refractivity contribution is -0.157. The van der Waals surface area contributed by atoms with E-state index < -0.39 is 76.3 Å². The summed E-state index contributed by atoms with van der Waals surface area (Å²) in [6, 6.07) is 3.02. The van der Waals surface area contributed by atoms with Crippen LogP contribution in [0.25, 0.3) is 0 Å². The third-order valence-electron chi connectivity index (χ3n) is 4.60. The molecule has 1 aromatic carbocycles. The Morgan fingerprint density at radius 3 is 2.32 bits per heavy atom. The molecule has 4 N–H and O–H groups in total. The predicted octanol–water partition coefficient (Wildman–Crippen LogP) is 0.508. The number of esters is 1. The third-order valence-corrected chi connectivity index (χ3v) is 5.25. The van der Waals surface area contributed by atoms with E-state index in [1.165, 1.54) is 4.72 Å². The van der Waals surface area contributed by atoms with E-state index in [1.807, 2.05) is 0 Å². The van der Waals surface area contributed by atoms with Crippen LogP contribution in [0.1, 0.15) is 26.3 Å². The van der Waals surface area contributed by atoms with Gasteiger partial charge in [-0.3, -0.25) is 14.5 Å². The van der Waals surface area contributed by atoms with Gasteiger partial charge in [0.15, 0.2) is 0 Å². The van der Waals surface area contributed by atoms with Gasteiger partial charge in [0, 0.05) is 10.7 Å². The average Bonchev–Trinajstić information content (AvgIpc) is 2.80. The second-order valence-corrected chi connectivity index (χ2v) is 11.1. The summed E-state index contributed by atoms with van der Waals surface area (Å²) < 4.78 is 43.4. The van der Waals surface area contributed by atoms with Crippen LogP contribution in [0.5, 0.6) is 0 Å². The van der Waals surface area contributed by atoms with Gasteiger partial charge in [-0.25, -0.2) is 19.1 Å². The van der Waals surface area contributed by atoms with Crippen LogP contribution in [-0.2, 0) is 44.4 Å². The number of halogens is 1. The van der Waals surface area contributed by atoms with E-state index in [4.69, 9.17) is 35.4 Å². The molecule has 1 saturated heterocycles. The van der Waals surface area contributed by atoms with Gasteiger partial charge in [-0.2, -0.15) is 8.42 Å². The molecule has 0 saturated carbocycles. The van der Waals surface area contributed by atoms with Crippen molar-refractivity contribution < 1.29 is 51.3 Å². The number of alkyl carbamates (subject to hydrolysis) is 1. The van der Waals surface area contributed by atoms with Gasteiger partial charge in [0.1, 0.15) is 43.5 Å². The highest BCUT2D eigenvalue weighted by molar-refractivity contribution is 8.12. The number of imide groups is 1. The first-order valence-corrected chi connectivity index (χ1v) is 13.2. The van der Waals surface area contributed by atoms with Crippen molar-refractivity contribution in [3.8, 4) is 0 Å². The maximum Gasteiger partial charge on any atom is 0.508 e. The highest BCUT2D eigenvalue weighted by atomic mass is 35.7. The smallest absolute Gasteiger partial charge is 0.459 e. The number of hydrogen-bond acceptors (Lipinski definition) is 12. The van der Waals surface area contributed by atoms with Gasteiger partial charge in [0.2, 0.25) is 0 Å². The van der Waals surface area contributed by atoms with E-state index in [1.54, 1.807) is 51.1 Å². The molecule has 0 aliphatic carbocycles. The quantitative estimate of drug-likeness (QED) is 0.158. The zero-order valence-corrected chi connectivity index (χ0v) is 22.1. The van der Waals surface area contributed by atoms with Gasteiger partial charge < -0.3 is 30.0 Å². The number of nitrogens with two attached hydrogens (primary N) is 1. The van der Waals surface area contributed by atoms with E-state index in [2.05, 4.69) is 5.32 Å². The van der Waals surface area contributed by atoms with E-state index in [0.717, 1.165) is 0 Å². The first kappa shape index (κ1) is 30.6. The molecule has 17 heteroatoms. The Kier molecular flexibility index (Phi) is 10.3. The Morgan fingerprint density at radius 1 is 1.11 bits per heavy atom. The second kappa shape index (κ2) is 12.7. The SMILES string of the molecule is CC(C)(C)OC(=O)C(N)COC(=O)OCC1C(NC(=O)OCc2ccccc2)C(=O)N1C(=O)NS(=O)(=O)Cl. The van der Waals surface area contributed by atoms with Crippen LogP contribution in [0.3, 0.4) is 0 Å². The normalized spacial score (nSPS) is 17.9. The van der Waals surface area contributed by atoms with Crippen molar-refractivity contribution in [2.24, 2.45) is 5.73 Å². The van der Waals surface area contributed by atoms with Crippen LogP contribution in [0.4, 0.5) is 14.4 Å². The van der Waals surface area contributed by atoms with E-state index in [0.29, 0.717) is 10.5 Å². The molecule has 1 fully saturated rings. The molecule has 15 nitrogen and oxygen atoms in total. The Balaban J connectivity index is 1.97. The number of benzene rings is 1. The van der Waals surface area contributed by atoms with Gasteiger partial charge >= 0.3 is 33.5 Å². The minimum atomic E-state index is -4.57. The van der Waals surface area contributed by atoms with Gasteiger partial charge in [-0.05, 0) is 26.3 Å². The lowest BCUT2D eigenvalue weighted by Crippen LogP contribution is -2.74. The predicted molar refractivity (Wildman–Crippen MR) is 129 cm³/mol. The number of amides is 4. The molecule has 3 atom stereocenters.